The zero-order valence-electron chi connectivity index (χ0n) is 16.1. The molecule has 3 rings (SSSR count). The average molecular weight is 337 g/mol. The molecule has 2 amide bonds. The van der Waals surface area contributed by atoms with Crippen LogP contribution in [0.3, 0.4) is 0 Å². The molecule has 24 heavy (non-hydrogen) atoms. The average Bonchev–Trinajstić information content (AvgIpc) is 3.24. The molecule has 0 N–H and O–H groups in total. The molecule has 0 aromatic rings. The van der Waals surface area contributed by atoms with Gasteiger partial charge in [0.15, 0.2) is 0 Å². The van der Waals surface area contributed by atoms with Crippen LogP contribution < -0.4 is 0 Å². The first-order valence-corrected chi connectivity index (χ1v) is 9.88. The van der Waals surface area contributed by atoms with Crippen molar-refractivity contribution in [1.82, 2.24) is 19.6 Å². The van der Waals surface area contributed by atoms with Crippen LogP contribution in [0.2, 0.25) is 0 Å². The van der Waals surface area contributed by atoms with Gasteiger partial charge in [0.2, 0.25) is 0 Å². The summed E-state index contributed by atoms with van der Waals surface area (Å²) in [6, 6.07) is 1.92. The van der Waals surface area contributed by atoms with E-state index in [-0.39, 0.29) is 6.03 Å². The van der Waals surface area contributed by atoms with Gasteiger partial charge in [0.1, 0.15) is 0 Å². The molecule has 5 nitrogen and oxygen atoms in total. The molecule has 1 aliphatic carbocycles. The second kappa shape index (κ2) is 7.61. The smallest absolute Gasteiger partial charge is 0.320 e. The number of hydrogen-bond acceptors (Lipinski definition) is 3. The number of rotatable bonds is 3. The van der Waals surface area contributed by atoms with Gasteiger partial charge in [-0.25, -0.2) is 4.79 Å². The second-order valence-electron chi connectivity index (χ2n) is 8.60. The van der Waals surface area contributed by atoms with E-state index in [2.05, 4.69) is 35.7 Å². The lowest BCUT2D eigenvalue weighted by atomic mass is 9.87. The Morgan fingerprint density at radius 3 is 2.17 bits per heavy atom. The number of likely N-dealkylation sites (tertiary alicyclic amines) is 2. The van der Waals surface area contributed by atoms with E-state index in [0.29, 0.717) is 12.1 Å². The van der Waals surface area contributed by atoms with Crippen molar-refractivity contribution in [3.8, 4) is 0 Å². The SMILES string of the molecule is CC1CCC(N2CCC(N(C)C(=O)N3CCC(N(C)C)C3)C2)CC1. The molecule has 0 bridgehead atoms. The normalized spacial score (nSPS) is 35.0. The minimum atomic E-state index is 0.239. The van der Waals surface area contributed by atoms with Gasteiger partial charge in [-0.05, 0) is 58.5 Å². The predicted octanol–water partition coefficient (Wildman–Crippen LogP) is 2.33. The van der Waals surface area contributed by atoms with E-state index in [0.717, 1.165) is 44.4 Å². The molecule has 2 unspecified atom stereocenters. The monoisotopic (exact) mass is 336 g/mol. The molecule has 0 aromatic carbocycles. The minimum absolute atomic E-state index is 0.239. The molecule has 1 saturated carbocycles. The summed E-state index contributed by atoms with van der Waals surface area (Å²) in [7, 11) is 6.24. The van der Waals surface area contributed by atoms with E-state index < -0.39 is 0 Å². The molecule has 2 atom stereocenters. The topological polar surface area (TPSA) is 30.0 Å². The quantitative estimate of drug-likeness (QED) is 0.792. The summed E-state index contributed by atoms with van der Waals surface area (Å²) >= 11 is 0. The number of nitrogens with zero attached hydrogens (tertiary/aromatic N) is 4. The first-order chi connectivity index (χ1) is 11.5. The Morgan fingerprint density at radius 1 is 0.875 bits per heavy atom. The van der Waals surface area contributed by atoms with E-state index in [4.69, 9.17) is 0 Å². The van der Waals surface area contributed by atoms with Crippen LogP contribution in [0, 0.1) is 5.92 Å². The lowest BCUT2D eigenvalue weighted by Gasteiger charge is -2.34. The zero-order valence-corrected chi connectivity index (χ0v) is 16.1. The van der Waals surface area contributed by atoms with Gasteiger partial charge < -0.3 is 14.7 Å². The van der Waals surface area contributed by atoms with E-state index in [1.807, 2.05) is 11.9 Å². The molecular weight excluding hydrogens is 300 g/mol. The number of carbonyl (C=O) groups excluding carboxylic acids is 1. The largest absolute Gasteiger partial charge is 0.323 e. The van der Waals surface area contributed by atoms with Gasteiger partial charge in [0.25, 0.3) is 0 Å². The first kappa shape index (κ1) is 18.0. The molecule has 0 aromatic heterocycles. The standard InChI is InChI=1S/C19H36N4O/c1-15-5-7-16(8-6-15)22-11-10-18(14-22)21(4)19(24)23-12-9-17(13-23)20(2)3/h15-18H,5-14H2,1-4H3. The van der Waals surface area contributed by atoms with Crippen LogP contribution in [-0.2, 0) is 0 Å². The highest BCUT2D eigenvalue weighted by molar-refractivity contribution is 5.75. The number of likely N-dealkylation sites (N-methyl/N-ethyl adjacent to an activating group) is 2. The number of hydrogen-bond donors (Lipinski definition) is 0. The second-order valence-corrected chi connectivity index (χ2v) is 8.60. The van der Waals surface area contributed by atoms with Crippen LogP contribution in [-0.4, -0.2) is 91.1 Å². The Bertz CT molecular complexity index is 433. The highest BCUT2D eigenvalue weighted by Crippen LogP contribution is 2.30. The lowest BCUT2D eigenvalue weighted by molar-refractivity contribution is 0.138. The number of amides is 2. The molecular formula is C19H36N4O. The van der Waals surface area contributed by atoms with Gasteiger partial charge in [-0.15, -0.1) is 0 Å². The van der Waals surface area contributed by atoms with Crippen molar-refractivity contribution in [1.29, 1.82) is 0 Å². The Labute approximate surface area is 147 Å². The summed E-state index contributed by atoms with van der Waals surface area (Å²) in [6.07, 6.45) is 7.69. The summed E-state index contributed by atoms with van der Waals surface area (Å²) in [5.74, 6) is 0.906. The number of urea groups is 1. The van der Waals surface area contributed by atoms with E-state index in [1.54, 1.807) is 0 Å². The third-order valence-corrected chi connectivity index (χ3v) is 6.71. The fraction of sp³-hybridized carbons (Fsp3) is 0.947. The van der Waals surface area contributed by atoms with Crippen molar-refractivity contribution >= 4 is 6.03 Å². The summed E-state index contributed by atoms with van der Waals surface area (Å²) in [5.41, 5.74) is 0. The molecule has 5 heteroatoms. The van der Waals surface area contributed by atoms with Crippen molar-refractivity contribution in [2.75, 3.05) is 47.3 Å². The van der Waals surface area contributed by atoms with Crippen molar-refractivity contribution in [3.05, 3.63) is 0 Å². The van der Waals surface area contributed by atoms with Gasteiger partial charge in [-0.3, -0.25) is 4.90 Å². The van der Waals surface area contributed by atoms with Gasteiger partial charge in [-0.1, -0.05) is 6.92 Å². The third-order valence-electron chi connectivity index (χ3n) is 6.71. The van der Waals surface area contributed by atoms with Crippen LogP contribution in [0.5, 0.6) is 0 Å². The fourth-order valence-corrected chi connectivity index (χ4v) is 4.74. The summed E-state index contributed by atoms with van der Waals surface area (Å²) in [5, 5.41) is 0. The third kappa shape index (κ3) is 3.88. The van der Waals surface area contributed by atoms with Crippen molar-refractivity contribution in [2.45, 2.75) is 63.6 Å². The predicted molar refractivity (Wildman–Crippen MR) is 98.2 cm³/mol. The molecule has 0 radical (unpaired) electrons. The Kier molecular flexibility index (Phi) is 5.70. The van der Waals surface area contributed by atoms with Crippen LogP contribution in [0.4, 0.5) is 4.79 Å². The summed E-state index contributed by atoms with van der Waals surface area (Å²) in [4.78, 5) is 21.8. The lowest BCUT2D eigenvalue weighted by Crippen LogP contribution is -2.47. The van der Waals surface area contributed by atoms with Crippen molar-refractivity contribution in [2.24, 2.45) is 5.92 Å². The van der Waals surface area contributed by atoms with Crippen molar-refractivity contribution < 1.29 is 4.79 Å². The van der Waals surface area contributed by atoms with Gasteiger partial charge >= 0.3 is 6.03 Å². The zero-order chi connectivity index (χ0) is 17.3. The van der Waals surface area contributed by atoms with Gasteiger partial charge in [0, 0.05) is 51.4 Å². The Balaban J connectivity index is 1.49. The molecule has 2 saturated heterocycles. The maximum Gasteiger partial charge on any atom is 0.320 e. The van der Waals surface area contributed by atoms with E-state index in [1.165, 1.54) is 32.2 Å². The minimum Gasteiger partial charge on any atom is -0.323 e. The summed E-state index contributed by atoms with van der Waals surface area (Å²) in [6.45, 7) is 6.41. The highest BCUT2D eigenvalue weighted by Gasteiger charge is 2.36. The molecule has 2 aliphatic heterocycles. The maximum absolute atomic E-state index is 12.8. The summed E-state index contributed by atoms with van der Waals surface area (Å²) < 4.78 is 0. The van der Waals surface area contributed by atoms with E-state index >= 15 is 0 Å². The van der Waals surface area contributed by atoms with Crippen molar-refractivity contribution in [3.63, 3.8) is 0 Å². The van der Waals surface area contributed by atoms with Crippen LogP contribution in [0.25, 0.3) is 0 Å². The molecule has 138 valence electrons. The molecule has 3 fully saturated rings. The van der Waals surface area contributed by atoms with Crippen LogP contribution in [0.1, 0.15) is 45.4 Å². The van der Waals surface area contributed by atoms with Gasteiger partial charge in [-0.2, -0.15) is 0 Å². The maximum atomic E-state index is 12.8. The van der Waals surface area contributed by atoms with Crippen LogP contribution in [0.15, 0.2) is 0 Å². The van der Waals surface area contributed by atoms with Crippen LogP contribution >= 0.6 is 0 Å². The Morgan fingerprint density at radius 2 is 1.54 bits per heavy atom. The van der Waals surface area contributed by atoms with Gasteiger partial charge in [0.05, 0.1) is 0 Å². The first-order valence-electron chi connectivity index (χ1n) is 9.88. The molecule has 3 aliphatic rings. The fourth-order valence-electron chi connectivity index (χ4n) is 4.74. The molecule has 2 heterocycles. The molecule has 0 spiro atoms. The Hall–Kier alpha value is -0.810. The van der Waals surface area contributed by atoms with E-state index in [9.17, 15) is 4.79 Å². The highest BCUT2D eigenvalue weighted by atomic mass is 16.2. The number of carbonyl (C=O) groups is 1.